The lowest BCUT2D eigenvalue weighted by Gasteiger charge is -2.16. The molecular weight excluding hydrogens is 132 g/mol. The van der Waals surface area contributed by atoms with Crippen molar-refractivity contribution < 1.29 is 0 Å². The molecule has 2 aliphatic rings. The van der Waals surface area contributed by atoms with Crippen LogP contribution >= 0.6 is 0 Å². The Kier molecular flexibility index (Phi) is 1.54. The van der Waals surface area contributed by atoms with Gasteiger partial charge in [-0.05, 0) is 36.5 Å². The van der Waals surface area contributed by atoms with E-state index in [1.54, 1.807) is 0 Å². The fraction of sp³-hybridized carbons (Fsp3) is 0.273. The molecule has 0 atom stereocenters. The molecule has 2 rings (SSSR count). The maximum Gasteiger partial charge on any atom is -0.0225 e. The van der Waals surface area contributed by atoms with Gasteiger partial charge in [-0.25, -0.2) is 0 Å². The van der Waals surface area contributed by atoms with Crippen molar-refractivity contribution in [3.8, 4) is 0 Å². The van der Waals surface area contributed by atoms with Gasteiger partial charge in [0.05, 0.1) is 0 Å². The quantitative estimate of drug-likeness (QED) is 0.530. The van der Waals surface area contributed by atoms with Crippen LogP contribution in [0.25, 0.3) is 0 Å². The molecule has 11 heavy (non-hydrogen) atoms. The third-order valence-electron chi connectivity index (χ3n) is 2.38. The summed E-state index contributed by atoms with van der Waals surface area (Å²) in [4.78, 5) is 0. The SMILES string of the molecule is CC(C1=CCC1)=C1C=CC=C1. The highest BCUT2D eigenvalue weighted by Crippen LogP contribution is 2.29. The fourth-order valence-corrected chi connectivity index (χ4v) is 1.44. The van der Waals surface area contributed by atoms with E-state index >= 15 is 0 Å². The molecule has 0 fully saturated rings. The first-order valence-electron chi connectivity index (χ1n) is 4.13. The largest absolute Gasteiger partial charge is 0.0807 e. The summed E-state index contributed by atoms with van der Waals surface area (Å²) in [5.74, 6) is 0. The van der Waals surface area contributed by atoms with Gasteiger partial charge in [0.25, 0.3) is 0 Å². The van der Waals surface area contributed by atoms with Crippen LogP contribution in [-0.2, 0) is 0 Å². The van der Waals surface area contributed by atoms with E-state index in [0.717, 1.165) is 0 Å². The third-order valence-corrected chi connectivity index (χ3v) is 2.38. The summed E-state index contributed by atoms with van der Waals surface area (Å²) in [6.45, 7) is 2.21. The zero-order chi connectivity index (χ0) is 7.68. The minimum atomic E-state index is 1.27. The third kappa shape index (κ3) is 1.09. The van der Waals surface area contributed by atoms with Gasteiger partial charge in [0.2, 0.25) is 0 Å². The lowest BCUT2D eigenvalue weighted by atomic mass is 9.90. The molecule has 0 aromatic heterocycles. The van der Waals surface area contributed by atoms with E-state index in [-0.39, 0.29) is 0 Å². The second kappa shape index (κ2) is 2.54. The topological polar surface area (TPSA) is 0 Å². The molecule has 56 valence electrons. The Balaban J connectivity index is 2.31. The molecule has 0 heteroatoms. The van der Waals surface area contributed by atoms with Crippen molar-refractivity contribution in [3.63, 3.8) is 0 Å². The van der Waals surface area contributed by atoms with Gasteiger partial charge < -0.3 is 0 Å². The van der Waals surface area contributed by atoms with Gasteiger partial charge in [-0.1, -0.05) is 30.4 Å². The zero-order valence-electron chi connectivity index (χ0n) is 6.80. The summed E-state index contributed by atoms with van der Waals surface area (Å²) in [6, 6.07) is 0. The molecule has 0 nitrogen and oxygen atoms in total. The van der Waals surface area contributed by atoms with Crippen LogP contribution in [0.4, 0.5) is 0 Å². The Morgan fingerprint density at radius 2 is 1.91 bits per heavy atom. The number of rotatable bonds is 1. The lowest BCUT2D eigenvalue weighted by Crippen LogP contribution is -1.96. The summed E-state index contributed by atoms with van der Waals surface area (Å²) in [5, 5.41) is 0. The van der Waals surface area contributed by atoms with Gasteiger partial charge in [0.15, 0.2) is 0 Å². The number of hydrogen-bond donors (Lipinski definition) is 0. The molecule has 0 unspecified atom stereocenters. The first kappa shape index (κ1) is 6.66. The van der Waals surface area contributed by atoms with Crippen molar-refractivity contribution in [2.75, 3.05) is 0 Å². The Morgan fingerprint density at radius 1 is 1.27 bits per heavy atom. The molecule has 0 aliphatic heterocycles. The Hall–Kier alpha value is -1.04. The average molecular weight is 144 g/mol. The van der Waals surface area contributed by atoms with E-state index in [0.29, 0.717) is 0 Å². The van der Waals surface area contributed by atoms with E-state index in [9.17, 15) is 0 Å². The van der Waals surface area contributed by atoms with Crippen molar-refractivity contribution in [3.05, 3.63) is 47.1 Å². The standard InChI is InChI=1S/C11H12/c1-9(11-7-4-8-11)10-5-2-3-6-10/h2-3,5-7H,4,8H2,1H3. The molecule has 0 N–H and O–H groups in total. The predicted molar refractivity (Wildman–Crippen MR) is 48.3 cm³/mol. The minimum absolute atomic E-state index is 1.27. The summed E-state index contributed by atoms with van der Waals surface area (Å²) < 4.78 is 0. The van der Waals surface area contributed by atoms with Crippen LogP contribution in [0, 0.1) is 0 Å². The zero-order valence-corrected chi connectivity index (χ0v) is 6.80. The van der Waals surface area contributed by atoms with Crippen molar-refractivity contribution in [2.24, 2.45) is 0 Å². The molecule has 0 aromatic rings. The molecular formula is C11H12. The minimum Gasteiger partial charge on any atom is -0.0807 e. The monoisotopic (exact) mass is 144 g/mol. The molecule has 0 spiro atoms. The van der Waals surface area contributed by atoms with Crippen molar-refractivity contribution in [2.45, 2.75) is 19.8 Å². The maximum atomic E-state index is 2.32. The van der Waals surface area contributed by atoms with E-state index < -0.39 is 0 Å². The van der Waals surface area contributed by atoms with Gasteiger partial charge in [0, 0.05) is 0 Å². The van der Waals surface area contributed by atoms with Gasteiger partial charge in [-0.3, -0.25) is 0 Å². The smallest absolute Gasteiger partial charge is 0.0225 e. The van der Waals surface area contributed by atoms with Gasteiger partial charge in [-0.15, -0.1) is 0 Å². The molecule has 0 amide bonds. The summed E-state index contributed by atoms with van der Waals surface area (Å²) in [5.41, 5.74) is 4.38. The summed E-state index contributed by atoms with van der Waals surface area (Å²) in [7, 11) is 0. The van der Waals surface area contributed by atoms with Crippen molar-refractivity contribution in [1.82, 2.24) is 0 Å². The van der Waals surface area contributed by atoms with Gasteiger partial charge in [0.1, 0.15) is 0 Å². The van der Waals surface area contributed by atoms with E-state index in [2.05, 4.69) is 37.3 Å². The van der Waals surface area contributed by atoms with Crippen molar-refractivity contribution >= 4 is 0 Å². The van der Waals surface area contributed by atoms with Crippen LogP contribution in [0.2, 0.25) is 0 Å². The van der Waals surface area contributed by atoms with Crippen LogP contribution in [-0.4, -0.2) is 0 Å². The first-order valence-corrected chi connectivity index (χ1v) is 4.13. The molecule has 0 radical (unpaired) electrons. The second-order valence-corrected chi connectivity index (χ2v) is 3.07. The van der Waals surface area contributed by atoms with Crippen molar-refractivity contribution in [1.29, 1.82) is 0 Å². The Labute approximate surface area is 67.6 Å². The average Bonchev–Trinajstić information content (AvgIpc) is 2.32. The van der Waals surface area contributed by atoms with E-state index in [4.69, 9.17) is 0 Å². The van der Waals surface area contributed by atoms with E-state index in [1.165, 1.54) is 29.6 Å². The molecule has 0 bridgehead atoms. The Morgan fingerprint density at radius 3 is 2.36 bits per heavy atom. The molecule has 0 saturated carbocycles. The highest BCUT2D eigenvalue weighted by atomic mass is 14.1. The van der Waals surface area contributed by atoms with E-state index in [1.807, 2.05) is 0 Å². The molecule has 0 saturated heterocycles. The van der Waals surface area contributed by atoms with Crippen LogP contribution in [0.15, 0.2) is 47.1 Å². The maximum absolute atomic E-state index is 2.32. The van der Waals surface area contributed by atoms with Gasteiger partial charge >= 0.3 is 0 Å². The first-order chi connectivity index (χ1) is 5.38. The van der Waals surface area contributed by atoms with Crippen LogP contribution in [0.1, 0.15) is 19.8 Å². The van der Waals surface area contributed by atoms with Gasteiger partial charge in [-0.2, -0.15) is 0 Å². The second-order valence-electron chi connectivity index (χ2n) is 3.07. The highest BCUT2D eigenvalue weighted by Gasteiger charge is 2.09. The highest BCUT2D eigenvalue weighted by molar-refractivity contribution is 5.50. The number of allylic oxidation sites excluding steroid dienone is 8. The summed E-state index contributed by atoms with van der Waals surface area (Å²) >= 11 is 0. The Bertz CT molecular complexity index is 271. The molecule has 2 aliphatic carbocycles. The fourth-order valence-electron chi connectivity index (χ4n) is 1.44. The predicted octanol–water partition coefficient (Wildman–Crippen LogP) is 3.15. The normalized spacial score (nSPS) is 20.1. The van der Waals surface area contributed by atoms with Crippen LogP contribution in [0.5, 0.6) is 0 Å². The lowest BCUT2D eigenvalue weighted by molar-refractivity contribution is 0.882. The molecule has 0 aromatic carbocycles. The van der Waals surface area contributed by atoms with Crippen LogP contribution < -0.4 is 0 Å². The summed E-state index contributed by atoms with van der Waals surface area (Å²) in [6.07, 6.45) is 13.4. The van der Waals surface area contributed by atoms with Crippen LogP contribution in [0.3, 0.4) is 0 Å². The number of hydrogen-bond acceptors (Lipinski definition) is 0. The molecule has 0 heterocycles.